The maximum atomic E-state index is 12.5. The van der Waals surface area contributed by atoms with E-state index in [1.54, 1.807) is 16.8 Å². The molecule has 1 saturated heterocycles. The Labute approximate surface area is 119 Å². The molecule has 104 valence electrons. The number of fused-ring (bicyclic) bond motifs is 2. The van der Waals surface area contributed by atoms with Gasteiger partial charge in [0.25, 0.3) is 0 Å². The van der Waals surface area contributed by atoms with Crippen LogP contribution in [0.2, 0.25) is 0 Å². The summed E-state index contributed by atoms with van der Waals surface area (Å²) in [7, 11) is 0. The zero-order valence-corrected chi connectivity index (χ0v) is 12.8. The predicted octanol–water partition coefficient (Wildman–Crippen LogP) is 3.11. The Kier molecular flexibility index (Phi) is 2.97. The molecule has 2 aliphatic rings. The van der Waals surface area contributed by atoms with Gasteiger partial charge >= 0.3 is 0 Å². The van der Waals surface area contributed by atoms with E-state index >= 15 is 0 Å². The summed E-state index contributed by atoms with van der Waals surface area (Å²) in [4.78, 5) is 18.9. The predicted molar refractivity (Wildman–Crippen MR) is 77.1 cm³/mol. The molecule has 0 aromatic carbocycles. The van der Waals surface area contributed by atoms with Crippen molar-refractivity contribution in [3.05, 3.63) is 16.6 Å². The fourth-order valence-electron chi connectivity index (χ4n) is 4.33. The molecular formula is C15H22N2OS. The highest BCUT2D eigenvalue weighted by Gasteiger charge is 2.50. The number of carbonyl (C=O) groups excluding carboxylic acids is 1. The van der Waals surface area contributed by atoms with Crippen LogP contribution in [0.1, 0.15) is 45.7 Å². The molecule has 2 heterocycles. The molecule has 0 N–H and O–H groups in total. The van der Waals surface area contributed by atoms with Gasteiger partial charge in [-0.1, -0.05) is 20.8 Å². The van der Waals surface area contributed by atoms with Crippen LogP contribution in [0.4, 0.5) is 0 Å². The van der Waals surface area contributed by atoms with Crippen LogP contribution in [-0.4, -0.2) is 28.4 Å². The van der Waals surface area contributed by atoms with Crippen molar-refractivity contribution in [1.82, 2.24) is 9.88 Å². The molecule has 3 rings (SSSR count). The number of hydrogen-bond donors (Lipinski definition) is 0. The topological polar surface area (TPSA) is 33.2 Å². The number of aromatic nitrogens is 1. The molecule has 1 saturated carbocycles. The highest BCUT2D eigenvalue weighted by Crippen LogP contribution is 2.52. The van der Waals surface area contributed by atoms with Crippen LogP contribution >= 0.6 is 11.3 Å². The summed E-state index contributed by atoms with van der Waals surface area (Å²) in [5, 5.41) is 1.98. The summed E-state index contributed by atoms with van der Waals surface area (Å²) in [6, 6.07) is 0.444. The molecule has 1 aliphatic carbocycles. The van der Waals surface area contributed by atoms with E-state index in [1.165, 1.54) is 12.8 Å². The second-order valence-electron chi connectivity index (χ2n) is 7.39. The SMILES string of the molecule is CC1(C)CC2CC(C)(CN2C(=O)Cc2cscn2)C1. The van der Waals surface area contributed by atoms with E-state index in [0.717, 1.165) is 18.7 Å². The maximum absolute atomic E-state index is 12.5. The maximum Gasteiger partial charge on any atom is 0.228 e. The molecule has 2 bridgehead atoms. The van der Waals surface area contributed by atoms with Gasteiger partial charge in [-0.05, 0) is 30.1 Å². The van der Waals surface area contributed by atoms with Gasteiger partial charge in [0, 0.05) is 18.0 Å². The fraction of sp³-hybridized carbons (Fsp3) is 0.733. The van der Waals surface area contributed by atoms with E-state index in [4.69, 9.17) is 0 Å². The highest BCUT2D eigenvalue weighted by molar-refractivity contribution is 7.07. The van der Waals surface area contributed by atoms with Gasteiger partial charge in [0.2, 0.25) is 5.91 Å². The van der Waals surface area contributed by atoms with Crippen molar-refractivity contribution in [2.24, 2.45) is 10.8 Å². The van der Waals surface area contributed by atoms with Gasteiger partial charge in [-0.25, -0.2) is 4.98 Å². The fourth-order valence-corrected chi connectivity index (χ4v) is 4.89. The van der Waals surface area contributed by atoms with E-state index in [0.29, 0.717) is 23.3 Å². The van der Waals surface area contributed by atoms with Gasteiger partial charge in [0.15, 0.2) is 0 Å². The number of carbonyl (C=O) groups is 1. The lowest BCUT2D eigenvalue weighted by Crippen LogP contribution is -2.38. The quantitative estimate of drug-likeness (QED) is 0.833. The molecule has 1 aromatic heterocycles. The van der Waals surface area contributed by atoms with Crippen molar-refractivity contribution in [2.75, 3.05) is 6.54 Å². The minimum atomic E-state index is 0.261. The van der Waals surface area contributed by atoms with Gasteiger partial charge in [0.1, 0.15) is 0 Å². The molecule has 1 amide bonds. The van der Waals surface area contributed by atoms with E-state index in [-0.39, 0.29) is 5.91 Å². The smallest absolute Gasteiger partial charge is 0.228 e. The van der Waals surface area contributed by atoms with Crippen molar-refractivity contribution in [2.45, 2.75) is 52.5 Å². The van der Waals surface area contributed by atoms with Gasteiger partial charge in [-0.3, -0.25) is 4.79 Å². The Hall–Kier alpha value is -0.900. The van der Waals surface area contributed by atoms with Gasteiger partial charge < -0.3 is 4.90 Å². The van der Waals surface area contributed by atoms with Crippen LogP contribution in [0.3, 0.4) is 0 Å². The molecule has 4 heteroatoms. The molecule has 0 spiro atoms. The minimum absolute atomic E-state index is 0.261. The average molecular weight is 278 g/mol. The van der Waals surface area contributed by atoms with Crippen molar-refractivity contribution in [1.29, 1.82) is 0 Å². The first-order chi connectivity index (χ1) is 8.87. The third kappa shape index (κ3) is 2.55. The molecule has 2 atom stereocenters. The van der Waals surface area contributed by atoms with Crippen molar-refractivity contribution in [3.63, 3.8) is 0 Å². The molecule has 1 aliphatic heterocycles. The number of amides is 1. The zero-order valence-electron chi connectivity index (χ0n) is 12.0. The number of rotatable bonds is 2. The van der Waals surface area contributed by atoms with Crippen LogP contribution in [0.25, 0.3) is 0 Å². The third-order valence-corrected chi connectivity index (χ3v) is 5.19. The second-order valence-corrected chi connectivity index (χ2v) is 8.11. The van der Waals surface area contributed by atoms with Crippen LogP contribution in [0, 0.1) is 10.8 Å². The lowest BCUT2D eigenvalue weighted by molar-refractivity contribution is -0.131. The van der Waals surface area contributed by atoms with E-state index in [2.05, 4.69) is 30.7 Å². The highest BCUT2D eigenvalue weighted by atomic mass is 32.1. The first kappa shape index (κ1) is 13.1. The van der Waals surface area contributed by atoms with Crippen molar-refractivity contribution >= 4 is 17.2 Å². The number of nitrogens with zero attached hydrogens (tertiary/aromatic N) is 2. The van der Waals surface area contributed by atoms with Crippen LogP contribution in [0.15, 0.2) is 10.9 Å². The van der Waals surface area contributed by atoms with Crippen LogP contribution < -0.4 is 0 Å². The largest absolute Gasteiger partial charge is 0.339 e. The molecule has 0 radical (unpaired) electrons. The number of hydrogen-bond acceptors (Lipinski definition) is 3. The van der Waals surface area contributed by atoms with E-state index in [9.17, 15) is 4.79 Å². The average Bonchev–Trinajstić information content (AvgIpc) is 2.83. The van der Waals surface area contributed by atoms with Gasteiger partial charge in [-0.2, -0.15) is 0 Å². The Morgan fingerprint density at radius 3 is 2.95 bits per heavy atom. The summed E-state index contributed by atoms with van der Waals surface area (Å²) in [6.45, 7) is 7.96. The van der Waals surface area contributed by atoms with E-state index < -0.39 is 0 Å². The number of thiazole rings is 1. The summed E-state index contributed by atoms with van der Waals surface area (Å²) in [6.07, 6.45) is 4.03. The van der Waals surface area contributed by atoms with Crippen molar-refractivity contribution in [3.8, 4) is 0 Å². The Morgan fingerprint density at radius 1 is 1.47 bits per heavy atom. The number of likely N-dealkylation sites (tertiary alicyclic amines) is 1. The van der Waals surface area contributed by atoms with Crippen molar-refractivity contribution < 1.29 is 4.79 Å². The molecular weight excluding hydrogens is 256 g/mol. The summed E-state index contributed by atoms with van der Waals surface area (Å²) in [5.41, 5.74) is 3.41. The molecule has 1 aromatic rings. The Balaban J connectivity index is 1.74. The van der Waals surface area contributed by atoms with Crippen LogP contribution in [-0.2, 0) is 11.2 Å². The molecule has 3 nitrogen and oxygen atoms in total. The second kappa shape index (κ2) is 4.30. The Morgan fingerprint density at radius 2 is 2.26 bits per heavy atom. The molecule has 19 heavy (non-hydrogen) atoms. The monoisotopic (exact) mass is 278 g/mol. The standard InChI is InChI=1S/C15H22N2OS/c1-14(2)5-12-6-15(3,8-14)9-17(12)13(18)4-11-7-19-10-16-11/h7,10,12H,4-6,8-9H2,1-3H3. The minimum Gasteiger partial charge on any atom is -0.339 e. The third-order valence-electron chi connectivity index (χ3n) is 4.55. The lowest BCUT2D eigenvalue weighted by Gasteiger charge is -2.39. The Bertz CT molecular complexity index is 482. The normalized spacial score (nSPS) is 32.6. The van der Waals surface area contributed by atoms with Gasteiger partial charge in [0.05, 0.1) is 17.6 Å². The molecule has 2 unspecified atom stereocenters. The van der Waals surface area contributed by atoms with E-state index in [1.807, 2.05) is 5.38 Å². The summed E-state index contributed by atoms with van der Waals surface area (Å²) in [5.74, 6) is 0.261. The first-order valence-electron chi connectivity index (χ1n) is 7.04. The summed E-state index contributed by atoms with van der Waals surface area (Å²) >= 11 is 1.56. The first-order valence-corrected chi connectivity index (χ1v) is 7.98. The lowest BCUT2D eigenvalue weighted by atomic mass is 9.65. The van der Waals surface area contributed by atoms with Crippen LogP contribution in [0.5, 0.6) is 0 Å². The zero-order chi connectivity index (χ0) is 13.7. The van der Waals surface area contributed by atoms with Gasteiger partial charge in [-0.15, -0.1) is 11.3 Å². The molecule has 2 fully saturated rings. The summed E-state index contributed by atoms with van der Waals surface area (Å²) < 4.78 is 0.